The lowest BCUT2D eigenvalue weighted by Crippen LogP contribution is -2.59. The fraction of sp³-hybridized carbons (Fsp3) is 0.590. The molecule has 826 valence electrons. The first kappa shape index (κ1) is 130. The zero-order chi connectivity index (χ0) is 112. The van der Waals surface area contributed by atoms with Crippen LogP contribution in [0.3, 0.4) is 0 Å². The van der Waals surface area contributed by atoms with Gasteiger partial charge in [0.25, 0.3) is 0 Å². The van der Waals surface area contributed by atoms with Crippen molar-refractivity contribution in [3.05, 3.63) is 35.9 Å². The van der Waals surface area contributed by atoms with Crippen LogP contribution in [0.1, 0.15) is 104 Å². The number of aliphatic hydroxyl groups is 4. The van der Waals surface area contributed by atoms with Crippen molar-refractivity contribution in [2.75, 3.05) is 103 Å². The molecule has 1 aromatic carbocycles. The minimum absolute atomic E-state index is 0.00296. The number of hydrogen-bond donors (Lipinski definition) is 39. The summed E-state index contributed by atoms with van der Waals surface area (Å²) in [7, 11) is 0. The molecule has 0 aromatic heterocycles. The number of carboxylic acids is 2. The first-order chi connectivity index (χ1) is 69.7. The summed E-state index contributed by atoms with van der Waals surface area (Å²) in [6.45, 7) is -3.74. The van der Waals surface area contributed by atoms with Crippen molar-refractivity contribution in [3.8, 4) is 0 Å². The van der Waals surface area contributed by atoms with Gasteiger partial charge in [0.15, 0.2) is 11.9 Å². The second kappa shape index (κ2) is 70.3. The van der Waals surface area contributed by atoms with Crippen molar-refractivity contribution in [3.63, 3.8) is 0 Å². The van der Waals surface area contributed by atoms with Gasteiger partial charge in [-0.3, -0.25) is 135 Å². The number of thiol groups is 2. The van der Waals surface area contributed by atoms with Crippen LogP contribution in [0.2, 0.25) is 0 Å². The van der Waals surface area contributed by atoms with Gasteiger partial charge in [-0.25, -0.2) is 0 Å². The van der Waals surface area contributed by atoms with Gasteiger partial charge >= 0.3 is 11.9 Å². The van der Waals surface area contributed by atoms with Gasteiger partial charge in [0.2, 0.25) is 142 Å². The molecular formula is C83H135N31O32S2. The van der Waals surface area contributed by atoms with E-state index in [-0.39, 0.29) is 69.7 Å². The monoisotopic (exact) mass is 2140 g/mol. The van der Waals surface area contributed by atoms with Crippen LogP contribution in [0.5, 0.6) is 0 Å². The number of hydrogen-bond acceptors (Lipinski definition) is 35. The van der Waals surface area contributed by atoms with Gasteiger partial charge in [-0.2, -0.15) is 25.3 Å². The Hall–Kier alpha value is -15.5. The Bertz CT molecular complexity index is 4800. The van der Waals surface area contributed by atoms with Crippen molar-refractivity contribution >= 4 is 191 Å². The van der Waals surface area contributed by atoms with E-state index in [1.807, 2.05) is 16.0 Å². The van der Waals surface area contributed by atoms with Crippen LogP contribution in [0.25, 0.3) is 0 Å². The summed E-state index contributed by atoms with van der Waals surface area (Å²) in [5.41, 5.74) is 27.4. The van der Waals surface area contributed by atoms with E-state index in [2.05, 4.69) is 137 Å². The summed E-state index contributed by atoms with van der Waals surface area (Å²) < 4.78 is 0. The predicted octanol–water partition coefficient (Wildman–Crippen LogP) is -19.6. The molecule has 1 aromatic rings. The Morgan fingerprint density at radius 3 is 1.09 bits per heavy atom. The highest BCUT2D eigenvalue weighted by molar-refractivity contribution is 7.80. The normalized spacial score (nSPS) is 14.0. The van der Waals surface area contributed by atoms with Gasteiger partial charge in [0, 0.05) is 37.4 Å². The molecule has 1 rings (SSSR count). The van der Waals surface area contributed by atoms with E-state index in [1.165, 1.54) is 6.92 Å². The number of guanidine groups is 2. The summed E-state index contributed by atoms with van der Waals surface area (Å²) in [6, 6.07) is -16.7. The molecule has 0 radical (unpaired) electrons. The number of amides is 24. The minimum Gasteiger partial charge on any atom is -0.481 e. The highest BCUT2D eigenvalue weighted by Crippen LogP contribution is 2.13. The number of carboxylic acid groups (broad SMARTS) is 2. The van der Waals surface area contributed by atoms with Crippen LogP contribution in [0, 0.1) is 22.7 Å². The maximum absolute atomic E-state index is 14.3. The molecule has 0 saturated heterocycles. The molecule has 148 heavy (non-hydrogen) atoms. The zero-order valence-corrected chi connectivity index (χ0v) is 83.2. The first-order valence-electron chi connectivity index (χ1n) is 45.7. The van der Waals surface area contributed by atoms with Crippen LogP contribution < -0.4 is 156 Å². The van der Waals surface area contributed by atoms with Crippen molar-refractivity contribution < 1.29 is 155 Å². The summed E-state index contributed by atoms with van der Waals surface area (Å²) in [6.07, 6.45) is -4.05. The van der Waals surface area contributed by atoms with E-state index in [4.69, 9.17) is 44.6 Å². The maximum atomic E-state index is 14.3. The number of nitrogens with one attached hydrogen (secondary N) is 26. The molecule has 0 aliphatic carbocycles. The molecule has 0 bridgehead atoms. The molecule has 65 heteroatoms. The molecule has 0 fully saturated rings. The zero-order valence-electron chi connectivity index (χ0n) is 81.4. The lowest BCUT2D eigenvalue weighted by Gasteiger charge is -2.27. The van der Waals surface area contributed by atoms with Crippen molar-refractivity contribution in [1.29, 1.82) is 10.8 Å². The highest BCUT2D eigenvalue weighted by Gasteiger charge is 2.38. The largest absolute Gasteiger partial charge is 0.481 e. The second-order valence-electron chi connectivity index (χ2n) is 33.1. The number of carbonyl (C=O) groups excluding carboxylic acids is 24. The van der Waals surface area contributed by atoms with Gasteiger partial charge in [-0.15, -0.1) is 0 Å². The predicted molar refractivity (Wildman–Crippen MR) is 520 cm³/mol. The van der Waals surface area contributed by atoms with Gasteiger partial charge < -0.3 is 187 Å². The number of nitrogens with two attached hydrogens (primary N) is 5. The molecule has 0 aliphatic rings. The molecule has 16 atom stereocenters. The lowest BCUT2D eigenvalue weighted by atomic mass is 9.97. The Kier molecular flexibility index (Phi) is 62.0. The summed E-state index contributed by atoms with van der Waals surface area (Å²) in [5, 5.41) is 127. The van der Waals surface area contributed by atoms with Crippen molar-refractivity contribution in [1.82, 2.24) is 128 Å². The van der Waals surface area contributed by atoms with Gasteiger partial charge in [-0.1, -0.05) is 64.4 Å². The molecule has 0 heterocycles. The molecule has 24 amide bonds. The van der Waals surface area contributed by atoms with Crippen LogP contribution in [0.4, 0.5) is 0 Å². The van der Waals surface area contributed by atoms with Crippen LogP contribution in [-0.2, 0) is 131 Å². The van der Waals surface area contributed by atoms with Crippen LogP contribution in [-0.4, -0.2) is 390 Å². The summed E-state index contributed by atoms with van der Waals surface area (Å²) >= 11 is 8.14. The van der Waals surface area contributed by atoms with Crippen molar-refractivity contribution in [2.24, 2.45) is 40.5 Å². The first-order valence-corrected chi connectivity index (χ1v) is 46.9. The Morgan fingerprint density at radius 2 is 0.655 bits per heavy atom. The van der Waals surface area contributed by atoms with Gasteiger partial charge in [-0.05, 0) is 62.8 Å². The Morgan fingerprint density at radius 1 is 0.324 bits per heavy atom. The highest BCUT2D eigenvalue weighted by atomic mass is 32.1. The Labute approximate surface area is 856 Å². The van der Waals surface area contributed by atoms with E-state index in [1.54, 1.807) is 51.1 Å². The van der Waals surface area contributed by atoms with Crippen LogP contribution in [0.15, 0.2) is 30.3 Å². The van der Waals surface area contributed by atoms with Crippen molar-refractivity contribution in [2.45, 2.75) is 196 Å². The summed E-state index contributed by atoms with van der Waals surface area (Å²) in [4.78, 5) is 341. The van der Waals surface area contributed by atoms with Gasteiger partial charge in [0.1, 0.15) is 97.2 Å². The number of rotatable bonds is 72. The van der Waals surface area contributed by atoms with E-state index < -0.39 is 372 Å². The van der Waals surface area contributed by atoms with E-state index in [9.17, 15) is 150 Å². The minimum atomic E-state index is -2.03. The summed E-state index contributed by atoms with van der Waals surface area (Å²) in [5.74, 6) is -32.4. The van der Waals surface area contributed by atoms with Gasteiger partial charge in [0.05, 0.1) is 85.1 Å². The Balaban J connectivity index is 3.22. The third-order valence-corrected chi connectivity index (χ3v) is 21.3. The maximum Gasteiger partial charge on any atom is 0.322 e. The second-order valence-corrected chi connectivity index (χ2v) is 33.9. The number of benzene rings is 1. The average molecular weight is 2140 g/mol. The molecule has 42 N–H and O–H groups in total. The average Bonchev–Trinajstić information content (AvgIpc) is 0.869. The standard InChI is InChI=1S/C83H135N31O32S2/c1-6-39(4)66(81(146)100-27-59(123)101-40(5)67(132)106-45(16-17-55(85)119)74(139)111-50(33-116)73(138)99-29-61(125)103-46(20-38(2)3)70(135)98-30-63(127)105-53(36-147)79(144)109-48(22-56(86)120)76(141)112-51(34-117)72(137)96-25-58(122)94-31-65(130)131)114-75(140)44(15-11-19-92-83(89)90)107-77(142)49(23-64(128)129)104-62(126)28-97-69(134)43(14-10-18-91-82(87)88)102-60(124)26-93-57(121)24-95-71(136)47(21-41-12-8-7-9-13-41)108-80(145)54(37-148)113-78(143)52(35-118)110-68(133)42(84)32-115/h7-9,12-13,38-40,42-54,66,115-118,147-148H,6,10-11,14-37,84H2,1-5H3,(H2,85,119)(H2,86,120)(H,93,121)(H,94,122)(H,95,136)(H,96,137)(H,97,134)(H,98,135)(H,99,138)(H,100,146)(H,101,123)(H,102,124)(H,103,125)(H,104,126)(H,105,127)(H,106,132)(H,107,142)(H,108,145)(H,109,144)(H,110,133)(H,111,139)(H,112,141)(H,113,143)(H,114,140)(H,128,129)(H,130,131)(H4,87,88,91)(H4,89,90,92)/t39-,40-,42-,43-,44-,45-,46-,47-,48-,49-,50-,51-,52-,53-,54-,66-/m0/s1. The number of primary amides is 2. The topological polar surface area (TPSA) is 1030 Å². The molecular weight excluding hydrogens is 2010 g/mol. The third-order valence-electron chi connectivity index (χ3n) is 20.5. The number of aliphatic hydroxyl groups excluding tert-OH is 4. The lowest BCUT2D eigenvalue weighted by molar-refractivity contribution is -0.141. The third kappa shape index (κ3) is 53.9. The molecule has 0 spiro atoms. The van der Waals surface area contributed by atoms with E-state index in [0.29, 0.717) is 5.56 Å². The molecule has 0 aliphatic heterocycles. The van der Waals surface area contributed by atoms with Crippen LogP contribution >= 0.6 is 25.3 Å². The molecule has 0 unspecified atom stereocenters. The molecule has 0 saturated carbocycles. The SMILES string of the molecule is CC[C@H](C)[C@H](NC(=O)[C@H](CCCNC(=N)N)NC(=O)[C@H](CC(=O)O)NC(=O)CNC(=O)[C@H](CCCNC(=N)N)NC(=O)CNC(=O)CNC(=O)[C@H](Cc1ccccc1)NC(=O)[C@H](CS)NC(=O)[C@H](CO)NC(=O)[C@@H](N)CO)C(=O)NCC(=O)N[C@@H](C)C(=O)N[C@@H](CCC(N)=O)C(=O)N[C@@H](CO)C(=O)NCC(=O)N[C@@H](CC(C)C)C(=O)NCC(=O)N[C@@H](CS)C(=O)N[C@@H](CC(N)=O)C(=O)N[C@@H](CO)C(=O)NCC(=O)NCC(=O)O. The smallest absolute Gasteiger partial charge is 0.322 e. The van der Waals surface area contributed by atoms with E-state index >= 15 is 0 Å². The fourth-order valence-corrected chi connectivity index (χ4v) is 13.0. The fourth-order valence-electron chi connectivity index (χ4n) is 12.5. The molecule has 63 nitrogen and oxygen atoms in total. The van der Waals surface area contributed by atoms with E-state index in [0.717, 1.165) is 6.92 Å². The number of carbonyl (C=O) groups is 26. The number of aliphatic carboxylic acids is 2. The quantitative estimate of drug-likeness (QED) is 0.0125.